The molecule has 0 saturated carbocycles. The van der Waals surface area contributed by atoms with Crippen LogP contribution in [-0.2, 0) is 26.0 Å². The summed E-state index contributed by atoms with van der Waals surface area (Å²) in [6.45, 7) is 8.97. The fraction of sp³-hybridized carbons (Fsp3) is 0.355. The predicted molar refractivity (Wildman–Crippen MR) is 166 cm³/mol. The third-order valence-corrected chi connectivity index (χ3v) is 8.97. The number of hydrogen-bond donors (Lipinski definition) is 1. The lowest BCUT2D eigenvalue weighted by atomic mass is 10.1. The number of sulfonamides is 1. The second-order valence-corrected chi connectivity index (χ2v) is 13.6. The molecule has 0 spiro atoms. The first kappa shape index (κ1) is 32.4. The van der Waals surface area contributed by atoms with Gasteiger partial charge < -0.3 is 10.2 Å². The van der Waals surface area contributed by atoms with Gasteiger partial charge in [0.1, 0.15) is 12.6 Å². The van der Waals surface area contributed by atoms with Crippen molar-refractivity contribution in [2.45, 2.75) is 63.9 Å². The number of anilines is 1. The van der Waals surface area contributed by atoms with Crippen molar-refractivity contribution in [1.29, 1.82) is 0 Å². The highest BCUT2D eigenvalue weighted by Crippen LogP contribution is 2.31. The summed E-state index contributed by atoms with van der Waals surface area (Å²) in [5.41, 5.74) is 1.55. The summed E-state index contributed by atoms with van der Waals surface area (Å²) in [6.07, 6.45) is 0.837. The fourth-order valence-electron chi connectivity index (χ4n) is 4.36. The Hall–Kier alpha value is -3.07. The summed E-state index contributed by atoms with van der Waals surface area (Å²) in [7, 11) is -4.19. The first-order valence-electron chi connectivity index (χ1n) is 13.4. The average Bonchev–Trinajstić information content (AvgIpc) is 2.90. The minimum absolute atomic E-state index is 0.0234. The monoisotopic (exact) mass is 617 g/mol. The molecular weight excluding hydrogens is 581 g/mol. The molecular formula is C31H37Cl2N3O4S. The van der Waals surface area contributed by atoms with Crippen LogP contribution < -0.4 is 9.62 Å². The number of nitrogens with zero attached hydrogens (tertiary/aromatic N) is 2. The van der Waals surface area contributed by atoms with Crippen LogP contribution in [0.3, 0.4) is 0 Å². The van der Waals surface area contributed by atoms with Gasteiger partial charge in [-0.25, -0.2) is 8.42 Å². The molecule has 0 aliphatic heterocycles. The highest BCUT2D eigenvalue weighted by Gasteiger charge is 2.34. The molecule has 2 amide bonds. The van der Waals surface area contributed by atoms with Crippen molar-refractivity contribution in [1.82, 2.24) is 10.2 Å². The Morgan fingerprint density at radius 2 is 1.56 bits per heavy atom. The standard InChI is InChI=1S/C31H37Cl2N3O4S/c1-6-28(30(38)34-31(3,4)5)35(19-18-23-10-8-7-9-11-23)29(37)21-36(24-14-17-26(32)27(33)20-24)41(39,40)25-15-12-22(2)13-16-25/h7-17,20,28H,6,18-19,21H2,1-5H3,(H,34,38)/t28-/m1/s1. The number of carbonyl (C=O) groups is 2. The Bertz CT molecular complexity index is 1460. The fourth-order valence-corrected chi connectivity index (χ4v) is 6.05. The first-order valence-corrected chi connectivity index (χ1v) is 15.6. The molecule has 0 aliphatic carbocycles. The van der Waals surface area contributed by atoms with E-state index < -0.39 is 34.1 Å². The van der Waals surface area contributed by atoms with E-state index in [-0.39, 0.29) is 33.1 Å². The second-order valence-electron chi connectivity index (χ2n) is 10.9. The molecule has 0 heterocycles. The molecule has 1 N–H and O–H groups in total. The number of halogens is 2. The van der Waals surface area contributed by atoms with Gasteiger partial charge in [-0.2, -0.15) is 0 Å². The van der Waals surface area contributed by atoms with Gasteiger partial charge in [0, 0.05) is 12.1 Å². The number of hydrogen-bond acceptors (Lipinski definition) is 4. The summed E-state index contributed by atoms with van der Waals surface area (Å²) < 4.78 is 28.9. The number of aryl methyl sites for hydroxylation is 1. The van der Waals surface area contributed by atoms with Gasteiger partial charge in [-0.05, 0) is 76.4 Å². The van der Waals surface area contributed by atoms with E-state index in [1.807, 2.05) is 65.0 Å². The maximum absolute atomic E-state index is 14.1. The molecule has 10 heteroatoms. The normalized spacial score (nSPS) is 12.5. The second kappa shape index (κ2) is 13.7. The van der Waals surface area contributed by atoms with Crippen LogP contribution in [0.2, 0.25) is 10.0 Å². The molecule has 3 rings (SSSR count). The molecule has 0 saturated heterocycles. The summed E-state index contributed by atoms with van der Waals surface area (Å²) in [5.74, 6) is -0.817. The molecule has 0 fully saturated rings. The van der Waals surface area contributed by atoms with E-state index in [4.69, 9.17) is 23.2 Å². The van der Waals surface area contributed by atoms with Crippen LogP contribution in [0, 0.1) is 6.92 Å². The van der Waals surface area contributed by atoms with Crippen molar-refractivity contribution in [2.24, 2.45) is 0 Å². The zero-order valence-electron chi connectivity index (χ0n) is 24.0. The highest BCUT2D eigenvalue weighted by atomic mass is 35.5. The van der Waals surface area contributed by atoms with Crippen LogP contribution in [0.1, 0.15) is 45.2 Å². The Morgan fingerprint density at radius 1 is 0.927 bits per heavy atom. The van der Waals surface area contributed by atoms with Crippen LogP contribution in [0.15, 0.2) is 77.7 Å². The lowest BCUT2D eigenvalue weighted by molar-refractivity contribution is -0.140. The van der Waals surface area contributed by atoms with Crippen molar-refractivity contribution in [3.63, 3.8) is 0 Å². The minimum atomic E-state index is -4.19. The molecule has 3 aromatic rings. The number of rotatable bonds is 11. The number of carbonyl (C=O) groups excluding carboxylic acids is 2. The van der Waals surface area contributed by atoms with Crippen molar-refractivity contribution < 1.29 is 18.0 Å². The number of nitrogens with one attached hydrogen (secondary N) is 1. The molecule has 7 nitrogen and oxygen atoms in total. The summed E-state index contributed by atoms with van der Waals surface area (Å²) >= 11 is 12.4. The molecule has 41 heavy (non-hydrogen) atoms. The van der Waals surface area contributed by atoms with Crippen LogP contribution in [0.25, 0.3) is 0 Å². The SMILES string of the molecule is CC[C@H](C(=O)NC(C)(C)C)N(CCc1ccccc1)C(=O)CN(c1ccc(Cl)c(Cl)c1)S(=O)(=O)c1ccc(C)cc1. The number of amides is 2. The lowest BCUT2D eigenvalue weighted by Gasteiger charge is -2.34. The highest BCUT2D eigenvalue weighted by molar-refractivity contribution is 7.92. The van der Waals surface area contributed by atoms with Crippen molar-refractivity contribution in [3.05, 3.63) is 94.0 Å². The van der Waals surface area contributed by atoms with Gasteiger partial charge in [-0.15, -0.1) is 0 Å². The molecule has 0 bridgehead atoms. The molecule has 0 unspecified atom stereocenters. The van der Waals surface area contributed by atoms with Gasteiger partial charge in [-0.3, -0.25) is 13.9 Å². The van der Waals surface area contributed by atoms with E-state index in [9.17, 15) is 18.0 Å². The summed E-state index contributed by atoms with van der Waals surface area (Å²) in [4.78, 5) is 28.9. The van der Waals surface area contributed by atoms with E-state index in [2.05, 4.69) is 5.32 Å². The van der Waals surface area contributed by atoms with E-state index in [0.717, 1.165) is 15.4 Å². The summed E-state index contributed by atoms with van der Waals surface area (Å²) in [5, 5.41) is 3.37. The molecule has 3 aromatic carbocycles. The minimum Gasteiger partial charge on any atom is -0.350 e. The summed E-state index contributed by atoms with van der Waals surface area (Å²) in [6, 6.07) is 19.6. The first-order chi connectivity index (χ1) is 19.2. The van der Waals surface area contributed by atoms with E-state index in [1.165, 1.54) is 35.2 Å². The lowest BCUT2D eigenvalue weighted by Crippen LogP contribution is -2.56. The van der Waals surface area contributed by atoms with E-state index in [0.29, 0.717) is 12.8 Å². The Balaban J connectivity index is 2.04. The van der Waals surface area contributed by atoms with Crippen LogP contribution in [0.4, 0.5) is 5.69 Å². The Kier molecular flexibility index (Phi) is 10.9. The van der Waals surface area contributed by atoms with Crippen LogP contribution in [0.5, 0.6) is 0 Å². The van der Waals surface area contributed by atoms with Crippen molar-refractivity contribution >= 4 is 50.7 Å². The molecule has 1 atom stereocenters. The van der Waals surface area contributed by atoms with Gasteiger partial charge >= 0.3 is 0 Å². The van der Waals surface area contributed by atoms with Crippen LogP contribution >= 0.6 is 23.2 Å². The zero-order valence-corrected chi connectivity index (χ0v) is 26.4. The Morgan fingerprint density at radius 3 is 2.12 bits per heavy atom. The number of benzene rings is 3. The van der Waals surface area contributed by atoms with Crippen molar-refractivity contribution in [3.8, 4) is 0 Å². The van der Waals surface area contributed by atoms with Gasteiger partial charge in [0.2, 0.25) is 11.8 Å². The topological polar surface area (TPSA) is 86.8 Å². The maximum atomic E-state index is 14.1. The van der Waals surface area contributed by atoms with Gasteiger partial charge in [0.05, 0.1) is 20.6 Å². The molecule has 220 valence electrons. The van der Waals surface area contributed by atoms with Gasteiger partial charge in [0.25, 0.3) is 10.0 Å². The largest absolute Gasteiger partial charge is 0.350 e. The predicted octanol–water partition coefficient (Wildman–Crippen LogP) is 6.26. The van der Waals surface area contributed by atoms with Crippen LogP contribution in [-0.4, -0.2) is 49.8 Å². The maximum Gasteiger partial charge on any atom is 0.264 e. The third-order valence-electron chi connectivity index (χ3n) is 6.45. The van der Waals surface area contributed by atoms with E-state index >= 15 is 0 Å². The van der Waals surface area contributed by atoms with E-state index in [1.54, 1.807) is 12.1 Å². The van der Waals surface area contributed by atoms with Gasteiger partial charge in [-0.1, -0.05) is 78.2 Å². The average molecular weight is 619 g/mol. The Labute approximate surface area is 253 Å². The van der Waals surface area contributed by atoms with Crippen molar-refractivity contribution in [2.75, 3.05) is 17.4 Å². The molecule has 0 aliphatic rings. The molecule has 0 radical (unpaired) electrons. The third kappa shape index (κ3) is 8.71. The quantitative estimate of drug-likeness (QED) is 0.275. The zero-order chi connectivity index (χ0) is 30.4. The molecule has 0 aromatic heterocycles. The van der Waals surface area contributed by atoms with Gasteiger partial charge in [0.15, 0.2) is 0 Å². The smallest absolute Gasteiger partial charge is 0.264 e.